The Labute approximate surface area is 79.7 Å². The van der Waals surface area contributed by atoms with Gasteiger partial charge >= 0.3 is 0 Å². The monoisotopic (exact) mass is 186 g/mol. The molecule has 0 aromatic rings. The number of ketones is 1. The van der Waals surface area contributed by atoms with Crippen molar-refractivity contribution in [3.05, 3.63) is 0 Å². The van der Waals surface area contributed by atoms with Gasteiger partial charge in [0.1, 0.15) is 12.0 Å². The van der Waals surface area contributed by atoms with Gasteiger partial charge in [0.15, 0.2) is 0 Å². The molecule has 0 spiro atoms. The SMILES string of the molecule is CC(=O)CC(F)CC1CCCCC1. The van der Waals surface area contributed by atoms with Gasteiger partial charge in [0.05, 0.1) is 0 Å². The van der Waals surface area contributed by atoms with Crippen LogP contribution in [0.25, 0.3) is 0 Å². The summed E-state index contributed by atoms with van der Waals surface area (Å²) in [5.41, 5.74) is 0. The summed E-state index contributed by atoms with van der Waals surface area (Å²) in [6.45, 7) is 1.47. The third-order valence-electron chi connectivity index (χ3n) is 2.82. The molecule has 0 radical (unpaired) electrons. The lowest BCUT2D eigenvalue weighted by molar-refractivity contribution is -0.118. The zero-order valence-electron chi connectivity index (χ0n) is 8.39. The van der Waals surface area contributed by atoms with Crippen molar-refractivity contribution in [3.8, 4) is 0 Å². The third-order valence-corrected chi connectivity index (χ3v) is 2.82. The van der Waals surface area contributed by atoms with E-state index in [0.717, 1.165) is 0 Å². The molecule has 0 N–H and O–H groups in total. The summed E-state index contributed by atoms with van der Waals surface area (Å²) in [7, 11) is 0. The summed E-state index contributed by atoms with van der Waals surface area (Å²) in [6.07, 6.45) is 5.97. The van der Waals surface area contributed by atoms with Gasteiger partial charge in [-0.1, -0.05) is 32.1 Å². The summed E-state index contributed by atoms with van der Waals surface area (Å²) in [5, 5.41) is 0. The van der Waals surface area contributed by atoms with Crippen molar-refractivity contribution in [1.29, 1.82) is 0 Å². The van der Waals surface area contributed by atoms with E-state index in [9.17, 15) is 9.18 Å². The van der Waals surface area contributed by atoms with Crippen LogP contribution in [0.5, 0.6) is 0 Å². The lowest BCUT2D eigenvalue weighted by Gasteiger charge is -2.22. The molecule has 1 aliphatic rings. The van der Waals surface area contributed by atoms with Crippen molar-refractivity contribution in [2.24, 2.45) is 5.92 Å². The lowest BCUT2D eigenvalue weighted by atomic mass is 9.85. The highest BCUT2D eigenvalue weighted by Crippen LogP contribution is 2.28. The maximum atomic E-state index is 13.2. The van der Waals surface area contributed by atoms with Gasteiger partial charge in [0, 0.05) is 6.42 Å². The van der Waals surface area contributed by atoms with Gasteiger partial charge < -0.3 is 0 Å². The molecule has 76 valence electrons. The average Bonchev–Trinajstić information content (AvgIpc) is 2.04. The van der Waals surface area contributed by atoms with Gasteiger partial charge in [-0.25, -0.2) is 4.39 Å². The Morgan fingerprint density at radius 3 is 2.54 bits per heavy atom. The Balaban J connectivity index is 2.18. The molecule has 1 unspecified atom stereocenters. The summed E-state index contributed by atoms with van der Waals surface area (Å²) in [5.74, 6) is 0.520. The van der Waals surface area contributed by atoms with Crippen molar-refractivity contribution in [3.63, 3.8) is 0 Å². The van der Waals surface area contributed by atoms with E-state index >= 15 is 0 Å². The zero-order valence-corrected chi connectivity index (χ0v) is 8.39. The molecule has 1 rings (SSSR count). The fourth-order valence-electron chi connectivity index (χ4n) is 2.18. The van der Waals surface area contributed by atoms with E-state index < -0.39 is 6.17 Å². The zero-order chi connectivity index (χ0) is 9.68. The van der Waals surface area contributed by atoms with Crippen LogP contribution in [-0.2, 0) is 4.79 Å². The first-order valence-corrected chi connectivity index (χ1v) is 5.32. The lowest BCUT2D eigenvalue weighted by Crippen LogP contribution is -2.15. The molecule has 0 heterocycles. The predicted molar refractivity (Wildman–Crippen MR) is 51.4 cm³/mol. The van der Waals surface area contributed by atoms with Crippen LogP contribution in [0.1, 0.15) is 51.9 Å². The molecular weight excluding hydrogens is 167 g/mol. The number of rotatable bonds is 4. The first kappa shape index (κ1) is 10.7. The molecule has 0 saturated heterocycles. The largest absolute Gasteiger partial charge is 0.300 e. The van der Waals surface area contributed by atoms with E-state index in [0.29, 0.717) is 12.3 Å². The Bertz CT molecular complexity index is 161. The highest BCUT2D eigenvalue weighted by molar-refractivity contribution is 5.75. The molecule has 1 nitrogen and oxygen atoms in total. The number of halogens is 1. The molecule has 1 fully saturated rings. The molecule has 0 aliphatic heterocycles. The second-order valence-corrected chi connectivity index (χ2v) is 4.24. The second kappa shape index (κ2) is 5.36. The van der Waals surface area contributed by atoms with Crippen molar-refractivity contribution < 1.29 is 9.18 Å². The normalized spacial score (nSPS) is 21.4. The van der Waals surface area contributed by atoms with E-state index in [1.165, 1.54) is 39.0 Å². The fraction of sp³-hybridized carbons (Fsp3) is 0.909. The first-order valence-electron chi connectivity index (χ1n) is 5.32. The predicted octanol–water partition coefficient (Wildman–Crippen LogP) is 3.27. The maximum Gasteiger partial charge on any atom is 0.132 e. The minimum Gasteiger partial charge on any atom is -0.300 e. The Morgan fingerprint density at radius 2 is 2.00 bits per heavy atom. The van der Waals surface area contributed by atoms with E-state index in [1.54, 1.807) is 0 Å². The summed E-state index contributed by atoms with van der Waals surface area (Å²) >= 11 is 0. The van der Waals surface area contributed by atoms with Crippen LogP contribution < -0.4 is 0 Å². The Kier molecular flexibility index (Phi) is 4.40. The molecule has 0 aromatic carbocycles. The smallest absolute Gasteiger partial charge is 0.132 e. The summed E-state index contributed by atoms with van der Waals surface area (Å²) in [6, 6.07) is 0. The summed E-state index contributed by atoms with van der Waals surface area (Å²) < 4.78 is 13.2. The highest BCUT2D eigenvalue weighted by atomic mass is 19.1. The average molecular weight is 186 g/mol. The van der Waals surface area contributed by atoms with Crippen LogP contribution in [0.2, 0.25) is 0 Å². The number of alkyl halides is 1. The quantitative estimate of drug-likeness (QED) is 0.658. The van der Waals surface area contributed by atoms with E-state index in [-0.39, 0.29) is 12.2 Å². The van der Waals surface area contributed by atoms with Crippen molar-refractivity contribution >= 4 is 5.78 Å². The maximum absolute atomic E-state index is 13.2. The number of hydrogen-bond acceptors (Lipinski definition) is 1. The van der Waals surface area contributed by atoms with E-state index in [2.05, 4.69) is 0 Å². The summed E-state index contributed by atoms with van der Waals surface area (Å²) in [4.78, 5) is 10.7. The molecule has 2 heteroatoms. The number of carbonyl (C=O) groups excluding carboxylic acids is 1. The Hall–Kier alpha value is -0.400. The van der Waals surface area contributed by atoms with Gasteiger partial charge in [0.25, 0.3) is 0 Å². The van der Waals surface area contributed by atoms with Crippen molar-refractivity contribution in [2.75, 3.05) is 0 Å². The van der Waals surface area contributed by atoms with Gasteiger partial charge in [-0.15, -0.1) is 0 Å². The van der Waals surface area contributed by atoms with Crippen molar-refractivity contribution in [1.82, 2.24) is 0 Å². The molecule has 13 heavy (non-hydrogen) atoms. The Morgan fingerprint density at radius 1 is 1.38 bits per heavy atom. The third kappa shape index (κ3) is 4.39. The van der Waals surface area contributed by atoms with E-state index in [1.807, 2.05) is 0 Å². The second-order valence-electron chi connectivity index (χ2n) is 4.24. The van der Waals surface area contributed by atoms with Crippen LogP contribution in [0.4, 0.5) is 4.39 Å². The first-order chi connectivity index (χ1) is 6.18. The minimum absolute atomic E-state index is 0.0247. The molecule has 1 aliphatic carbocycles. The van der Waals surface area contributed by atoms with E-state index in [4.69, 9.17) is 0 Å². The molecule has 1 atom stereocenters. The minimum atomic E-state index is -0.888. The molecule has 1 saturated carbocycles. The highest BCUT2D eigenvalue weighted by Gasteiger charge is 2.19. The van der Waals surface area contributed by atoms with Gasteiger partial charge in [-0.2, -0.15) is 0 Å². The van der Waals surface area contributed by atoms with Crippen LogP contribution >= 0.6 is 0 Å². The topological polar surface area (TPSA) is 17.1 Å². The van der Waals surface area contributed by atoms with Crippen LogP contribution in [0, 0.1) is 5.92 Å². The number of hydrogen-bond donors (Lipinski definition) is 0. The van der Waals surface area contributed by atoms with Crippen LogP contribution in [0.15, 0.2) is 0 Å². The number of carbonyl (C=O) groups is 1. The molecule has 0 amide bonds. The van der Waals surface area contributed by atoms with Crippen LogP contribution in [-0.4, -0.2) is 12.0 Å². The molecule has 0 bridgehead atoms. The molecular formula is C11H19FO. The standard InChI is InChI=1S/C11H19FO/c1-9(13)7-11(12)8-10-5-3-2-4-6-10/h10-11H,2-8H2,1H3. The van der Waals surface area contributed by atoms with Crippen LogP contribution in [0.3, 0.4) is 0 Å². The van der Waals surface area contributed by atoms with Gasteiger partial charge in [-0.05, 0) is 19.3 Å². The molecule has 0 aromatic heterocycles. The number of Topliss-reactive ketones (excluding diaryl/α,β-unsaturated/α-hetero) is 1. The van der Waals surface area contributed by atoms with Crippen molar-refractivity contribution in [2.45, 2.75) is 58.0 Å². The van der Waals surface area contributed by atoms with Gasteiger partial charge in [0.2, 0.25) is 0 Å². The fourth-order valence-corrected chi connectivity index (χ4v) is 2.18. The van der Waals surface area contributed by atoms with Gasteiger partial charge in [-0.3, -0.25) is 4.79 Å².